The summed E-state index contributed by atoms with van der Waals surface area (Å²) < 4.78 is 5.02. The number of hydrogen-bond acceptors (Lipinski definition) is 4. The van der Waals surface area contributed by atoms with Gasteiger partial charge < -0.3 is 20.5 Å². The van der Waals surface area contributed by atoms with E-state index < -0.39 is 11.7 Å². The van der Waals surface area contributed by atoms with Crippen molar-refractivity contribution in [2.75, 3.05) is 13.2 Å². The number of carbonyl (C=O) groups excluding carboxylic acids is 2. The number of hydrogen-bond donors (Lipinski definition) is 3. The summed E-state index contributed by atoms with van der Waals surface area (Å²) in [7, 11) is 0. The standard InChI is InChI=1S/C14H22N2O4/c1-14(2,3)20-13(19)15-8-12(18)16-11-7-5-4-6-10(11)9-17/h5,7,17H,4,6,8-9H2,1-3H3,(H,15,19)(H,16,18). The molecule has 112 valence electrons. The quantitative estimate of drug-likeness (QED) is 0.723. The summed E-state index contributed by atoms with van der Waals surface area (Å²) in [5.74, 6) is -0.358. The molecule has 0 saturated carbocycles. The Labute approximate surface area is 118 Å². The maximum absolute atomic E-state index is 11.7. The number of alkyl carbamates (subject to hydrolysis) is 1. The average Bonchev–Trinajstić information content (AvgIpc) is 2.35. The summed E-state index contributed by atoms with van der Waals surface area (Å²) >= 11 is 0. The van der Waals surface area contributed by atoms with Gasteiger partial charge in [-0.3, -0.25) is 4.79 Å². The predicted molar refractivity (Wildman–Crippen MR) is 74.9 cm³/mol. The summed E-state index contributed by atoms with van der Waals surface area (Å²) in [6.07, 6.45) is 4.63. The Morgan fingerprint density at radius 3 is 2.70 bits per heavy atom. The van der Waals surface area contributed by atoms with E-state index in [2.05, 4.69) is 10.6 Å². The third kappa shape index (κ3) is 5.88. The molecule has 0 heterocycles. The fourth-order valence-electron chi connectivity index (χ4n) is 1.67. The predicted octanol–water partition coefficient (Wildman–Crippen LogP) is 1.22. The van der Waals surface area contributed by atoms with Crippen LogP contribution >= 0.6 is 0 Å². The summed E-state index contributed by atoms with van der Waals surface area (Å²) in [4.78, 5) is 23.1. The first-order chi connectivity index (χ1) is 9.31. The number of rotatable bonds is 4. The van der Waals surface area contributed by atoms with Gasteiger partial charge in [-0.1, -0.05) is 6.08 Å². The van der Waals surface area contributed by atoms with E-state index >= 15 is 0 Å². The highest BCUT2D eigenvalue weighted by Gasteiger charge is 2.17. The first-order valence-corrected chi connectivity index (χ1v) is 6.58. The molecule has 1 aliphatic rings. The van der Waals surface area contributed by atoms with Gasteiger partial charge >= 0.3 is 6.09 Å². The van der Waals surface area contributed by atoms with Crippen molar-refractivity contribution in [3.05, 3.63) is 23.4 Å². The average molecular weight is 282 g/mol. The lowest BCUT2D eigenvalue weighted by Gasteiger charge is -2.20. The van der Waals surface area contributed by atoms with E-state index in [1.54, 1.807) is 26.8 Å². The Hall–Kier alpha value is -1.82. The first kappa shape index (κ1) is 16.2. The van der Waals surface area contributed by atoms with Crippen LogP contribution in [-0.4, -0.2) is 35.9 Å². The van der Waals surface area contributed by atoms with Crippen LogP contribution in [0.5, 0.6) is 0 Å². The fraction of sp³-hybridized carbons (Fsp3) is 0.571. The summed E-state index contributed by atoms with van der Waals surface area (Å²) in [5, 5.41) is 14.2. The van der Waals surface area contributed by atoms with Gasteiger partial charge in [-0.05, 0) is 45.3 Å². The van der Waals surface area contributed by atoms with Crippen molar-refractivity contribution < 1.29 is 19.4 Å². The summed E-state index contributed by atoms with van der Waals surface area (Å²) in [6.45, 7) is 4.98. The zero-order chi connectivity index (χ0) is 15.2. The van der Waals surface area contributed by atoms with E-state index in [-0.39, 0.29) is 19.1 Å². The second kappa shape index (κ2) is 7.09. The monoisotopic (exact) mass is 282 g/mol. The number of amides is 2. The molecule has 0 spiro atoms. The van der Waals surface area contributed by atoms with Gasteiger partial charge in [0.1, 0.15) is 12.1 Å². The van der Waals surface area contributed by atoms with E-state index in [9.17, 15) is 14.7 Å². The van der Waals surface area contributed by atoms with Gasteiger partial charge in [-0.25, -0.2) is 4.79 Å². The van der Waals surface area contributed by atoms with Gasteiger partial charge in [0.15, 0.2) is 0 Å². The molecule has 0 bridgehead atoms. The van der Waals surface area contributed by atoms with Crippen molar-refractivity contribution in [1.29, 1.82) is 0 Å². The van der Waals surface area contributed by atoms with Crippen molar-refractivity contribution in [3.63, 3.8) is 0 Å². The minimum absolute atomic E-state index is 0.0839. The molecule has 0 atom stereocenters. The van der Waals surface area contributed by atoms with Crippen LogP contribution in [0.15, 0.2) is 23.4 Å². The molecule has 3 N–H and O–H groups in total. The number of carbonyl (C=O) groups is 2. The largest absolute Gasteiger partial charge is 0.444 e. The van der Waals surface area contributed by atoms with Crippen LogP contribution in [0.25, 0.3) is 0 Å². The number of allylic oxidation sites excluding steroid dienone is 2. The van der Waals surface area contributed by atoms with E-state index in [1.165, 1.54) is 0 Å². The maximum atomic E-state index is 11.7. The third-order valence-corrected chi connectivity index (χ3v) is 2.54. The van der Waals surface area contributed by atoms with E-state index in [0.717, 1.165) is 18.4 Å². The Balaban J connectivity index is 2.43. The molecular weight excluding hydrogens is 260 g/mol. The van der Waals surface area contributed by atoms with Gasteiger partial charge in [-0.2, -0.15) is 0 Å². The van der Waals surface area contributed by atoms with Crippen LogP contribution in [0, 0.1) is 0 Å². The SMILES string of the molecule is CC(C)(C)OC(=O)NCC(=O)NC1=C(CO)CCC=C1. The highest BCUT2D eigenvalue weighted by atomic mass is 16.6. The molecule has 2 amide bonds. The van der Waals surface area contributed by atoms with Crippen LogP contribution in [0.3, 0.4) is 0 Å². The zero-order valence-electron chi connectivity index (χ0n) is 12.2. The molecular formula is C14H22N2O4. The van der Waals surface area contributed by atoms with Crippen LogP contribution in [0.1, 0.15) is 33.6 Å². The fourth-order valence-corrected chi connectivity index (χ4v) is 1.67. The van der Waals surface area contributed by atoms with Crippen LogP contribution in [-0.2, 0) is 9.53 Å². The van der Waals surface area contributed by atoms with Gasteiger partial charge in [0.25, 0.3) is 0 Å². The second-order valence-corrected chi connectivity index (χ2v) is 5.52. The lowest BCUT2D eigenvalue weighted by atomic mass is 10.0. The molecule has 6 nitrogen and oxygen atoms in total. The molecule has 1 aliphatic carbocycles. The summed E-state index contributed by atoms with van der Waals surface area (Å²) in [5.41, 5.74) is 0.798. The molecule has 0 aromatic heterocycles. The smallest absolute Gasteiger partial charge is 0.408 e. The maximum Gasteiger partial charge on any atom is 0.408 e. The second-order valence-electron chi connectivity index (χ2n) is 5.52. The number of nitrogens with one attached hydrogen (secondary N) is 2. The van der Waals surface area contributed by atoms with E-state index in [4.69, 9.17) is 4.74 Å². The summed E-state index contributed by atoms with van der Waals surface area (Å²) in [6, 6.07) is 0. The van der Waals surface area contributed by atoms with Crippen molar-refractivity contribution in [3.8, 4) is 0 Å². The number of aliphatic hydroxyl groups is 1. The molecule has 0 fully saturated rings. The number of aliphatic hydroxyl groups excluding tert-OH is 1. The molecule has 0 radical (unpaired) electrons. The minimum atomic E-state index is -0.636. The van der Waals surface area contributed by atoms with Crippen molar-refractivity contribution in [2.24, 2.45) is 0 Å². The Bertz CT molecular complexity index is 433. The topological polar surface area (TPSA) is 87.7 Å². The van der Waals surface area contributed by atoms with Crippen molar-refractivity contribution in [1.82, 2.24) is 10.6 Å². The molecule has 0 aliphatic heterocycles. The molecule has 20 heavy (non-hydrogen) atoms. The number of ether oxygens (including phenoxy) is 1. The molecule has 0 saturated heterocycles. The minimum Gasteiger partial charge on any atom is -0.444 e. The van der Waals surface area contributed by atoms with E-state index in [0.29, 0.717) is 5.70 Å². The van der Waals surface area contributed by atoms with Crippen LogP contribution in [0.4, 0.5) is 4.79 Å². The van der Waals surface area contributed by atoms with Crippen LogP contribution < -0.4 is 10.6 Å². The van der Waals surface area contributed by atoms with Gasteiger partial charge in [0.05, 0.1) is 6.61 Å². The van der Waals surface area contributed by atoms with Gasteiger partial charge in [0, 0.05) is 5.70 Å². The van der Waals surface area contributed by atoms with Crippen LogP contribution in [0.2, 0.25) is 0 Å². The molecule has 0 unspecified atom stereocenters. The van der Waals surface area contributed by atoms with Crippen molar-refractivity contribution in [2.45, 2.75) is 39.2 Å². The highest BCUT2D eigenvalue weighted by Crippen LogP contribution is 2.16. The third-order valence-electron chi connectivity index (χ3n) is 2.54. The Morgan fingerprint density at radius 1 is 1.40 bits per heavy atom. The highest BCUT2D eigenvalue weighted by molar-refractivity contribution is 5.84. The molecule has 0 aromatic carbocycles. The Morgan fingerprint density at radius 2 is 2.10 bits per heavy atom. The molecule has 0 aromatic rings. The first-order valence-electron chi connectivity index (χ1n) is 6.58. The molecule has 6 heteroatoms. The molecule has 1 rings (SSSR count). The zero-order valence-corrected chi connectivity index (χ0v) is 12.2. The van der Waals surface area contributed by atoms with E-state index in [1.807, 2.05) is 6.08 Å². The Kier molecular flexibility index (Phi) is 5.76. The van der Waals surface area contributed by atoms with Gasteiger partial charge in [0.2, 0.25) is 5.91 Å². The lowest BCUT2D eigenvalue weighted by molar-refractivity contribution is -0.119. The lowest BCUT2D eigenvalue weighted by Crippen LogP contribution is -2.39. The van der Waals surface area contributed by atoms with Crippen molar-refractivity contribution >= 4 is 12.0 Å². The van der Waals surface area contributed by atoms with Gasteiger partial charge in [-0.15, -0.1) is 0 Å². The normalized spacial score (nSPS) is 15.0.